The number of nitrogens with two attached hydrogens (primary N) is 1. The molecule has 0 saturated heterocycles. The van der Waals surface area contributed by atoms with Crippen LogP contribution in [0.4, 0.5) is 15.3 Å². The van der Waals surface area contributed by atoms with Gasteiger partial charge in [-0.15, -0.1) is 0 Å². The molecule has 1 atom stereocenters. The molecule has 0 aliphatic rings. The van der Waals surface area contributed by atoms with Crippen LogP contribution >= 0.6 is 0 Å². The number of urea groups is 1. The Labute approximate surface area is 221 Å². The summed E-state index contributed by atoms with van der Waals surface area (Å²) in [6.45, 7) is 9.81. The number of rotatable bonds is 14. The third-order valence-electron chi connectivity index (χ3n) is 4.19. The predicted molar refractivity (Wildman–Crippen MR) is 147 cm³/mol. The lowest BCUT2D eigenvalue weighted by molar-refractivity contribution is -0.126. The van der Waals surface area contributed by atoms with Gasteiger partial charge in [0.05, 0.1) is 6.54 Å². The molecule has 0 fully saturated rings. The van der Waals surface area contributed by atoms with E-state index in [4.69, 9.17) is 10.5 Å². The van der Waals surface area contributed by atoms with Crippen molar-refractivity contribution in [1.29, 1.82) is 0 Å². The van der Waals surface area contributed by atoms with E-state index in [1.54, 1.807) is 38.4 Å². The van der Waals surface area contributed by atoms with Crippen molar-refractivity contribution in [3.8, 4) is 0 Å². The Bertz CT molecular complexity index is 760. The van der Waals surface area contributed by atoms with Crippen LogP contribution in [0, 0.1) is 0 Å². The highest BCUT2D eigenvalue weighted by molar-refractivity contribution is 5.97. The van der Waals surface area contributed by atoms with Crippen molar-refractivity contribution < 1.29 is 23.9 Å². The van der Waals surface area contributed by atoms with Gasteiger partial charge >= 0.3 is 12.1 Å². The Morgan fingerprint density at radius 1 is 0.919 bits per heavy atom. The fraction of sp³-hybridized carbons (Fsp3) is 0.600. The zero-order valence-corrected chi connectivity index (χ0v) is 23.2. The minimum absolute atomic E-state index is 0.0700. The van der Waals surface area contributed by atoms with Gasteiger partial charge in [-0.05, 0) is 44.6 Å². The maximum atomic E-state index is 12.7. The summed E-state index contributed by atoms with van der Waals surface area (Å²) < 4.78 is 5.11. The monoisotopic (exact) mass is 525 g/mol. The number of anilines is 1. The van der Waals surface area contributed by atoms with Gasteiger partial charge in [0.15, 0.2) is 0 Å². The minimum Gasteiger partial charge on any atom is -0.445 e. The molecule has 0 radical (unpaired) electrons. The molecule has 5 amide bonds. The number of alkyl carbamates (subject to hydrolysis) is 1. The second-order valence-corrected chi connectivity index (χ2v) is 7.58. The van der Waals surface area contributed by atoms with E-state index in [0.717, 1.165) is 5.56 Å². The van der Waals surface area contributed by atoms with Crippen LogP contribution in [0.5, 0.6) is 0 Å². The van der Waals surface area contributed by atoms with Crippen LogP contribution in [-0.4, -0.2) is 70.3 Å². The molecule has 12 heteroatoms. The Morgan fingerprint density at radius 3 is 2.08 bits per heavy atom. The number of carbonyl (C=O) groups is 4. The number of carbonyl (C=O) groups excluding carboxylic acids is 4. The molecule has 1 rings (SSSR count). The van der Waals surface area contributed by atoms with Crippen molar-refractivity contribution in [1.82, 2.24) is 26.6 Å². The van der Waals surface area contributed by atoms with Crippen molar-refractivity contribution in [2.75, 3.05) is 45.6 Å². The molecule has 1 aromatic rings. The van der Waals surface area contributed by atoms with E-state index >= 15 is 0 Å². The van der Waals surface area contributed by atoms with Gasteiger partial charge in [0.25, 0.3) is 0 Å². The van der Waals surface area contributed by atoms with E-state index in [9.17, 15) is 19.2 Å². The van der Waals surface area contributed by atoms with Crippen molar-refractivity contribution in [3.05, 3.63) is 29.8 Å². The normalized spacial score (nSPS) is 10.3. The second-order valence-electron chi connectivity index (χ2n) is 7.58. The first-order valence-electron chi connectivity index (χ1n) is 12.7. The van der Waals surface area contributed by atoms with E-state index in [2.05, 4.69) is 45.7 Å². The Kier molecular flexibility index (Phi) is 23.5. The number of ether oxygens (including phenoxy) is 1. The molecule has 1 unspecified atom stereocenters. The summed E-state index contributed by atoms with van der Waals surface area (Å²) in [5.74, 6) is -0.711. The first-order chi connectivity index (χ1) is 17.8. The van der Waals surface area contributed by atoms with Gasteiger partial charge in [0.2, 0.25) is 11.8 Å². The van der Waals surface area contributed by atoms with Gasteiger partial charge in [-0.2, -0.15) is 0 Å². The number of nitrogens with one attached hydrogen (secondary N) is 6. The van der Waals surface area contributed by atoms with E-state index in [0.29, 0.717) is 31.6 Å². The van der Waals surface area contributed by atoms with Crippen LogP contribution in [0.3, 0.4) is 0 Å². The highest BCUT2D eigenvalue weighted by Gasteiger charge is 2.20. The zero-order chi connectivity index (χ0) is 28.5. The average molecular weight is 526 g/mol. The second kappa shape index (κ2) is 24.3. The summed E-state index contributed by atoms with van der Waals surface area (Å²) in [4.78, 5) is 46.9. The predicted octanol–water partition coefficient (Wildman–Crippen LogP) is 1.67. The number of primary amides is 1. The van der Waals surface area contributed by atoms with Crippen molar-refractivity contribution in [2.24, 2.45) is 5.73 Å². The van der Waals surface area contributed by atoms with Gasteiger partial charge in [-0.1, -0.05) is 46.2 Å². The van der Waals surface area contributed by atoms with Gasteiger partial charge < -0.3 is 42.4 Å². The van der Waals surface area contributed by atoms with Crippen molar-refractivity contribution in [3.63, 3.8) is 0 Å². The molecule has 0 aromatic heterocycles. The van der Waals surface area contributed by atoms with Gasteiger partial charge in [0, 0.05) is 25.3 Å². The summed E-state index contributed by atoms with van der Waals surface area (Å²) >= 11 is 0. The molecule has 8 N–H and O–H groups in total. The van der Waals surface area contributed by atoms with Gasteiger partial charge in [-0.25, -0.2) is 9.59 Å². The molecule has 0 saturated carbocycles. The molecular weight excluding hydrogens is 478 g/mol. The van der Waals surface area contributed by atoms with Crippen LogP contribution in [0.25, 0.3) is 0 Å². The Morgan fingerprint density at radius 2 is 1.54 bits per heavy atom. The molecule has 0 bridgehead atoms. The molecule has 212 valence electrons. The van der Waals surface area contributed by atoms with E-state index in [1.807, 2.05) is 13.8 Å². The summed E-state index contributed by atoms with van der Waals surface area (Å²) in [7, 11) is 3.41. The molecule has 12 nitrogen and oxygen atoms in total. The summed E-state index contributed by atoms with van der Waals surface area (Å²) in [6.07, 6.45) is 1.51. The standard InChI is InChI=1S/C20H33N7O5.C3H8.C2H6/c1-22-10-11-25-20(31)32-13-14-5-7-15(8-6-14)26-18(29)16(27-17(28)12-23-2)4-3-9-24-19(21)30;1-3-2;1-2/h5-8,16,22-23H,3-4,9-13H2,1-2H3,(H,25,31)(H,26,29)(H,27,28)(H3,21,24,30);3H2,1-2H3;1-2H3. The van der Waals surface area contributed by atoms with Crippen LogP contribution in [0.15, 0.2) is 24.3 Å². The van der Waals surface area contributed by atoms with E-state index in [1.165, 1.54) is 6.42 Å². The maximum Gasteiger partial charge on any atom is 0.407 e. The topological polar surface area (TPSA) is 176 Å². The lowest BCUT2D eigenvalue weighted by Crippen LogP contribution is -2.46. The summed E-state index contributed by atoms with van der Waals surface area (Å²) in [6, 6.07) is 5.37. The first-order valence-corrected chi connectivity index (χ1v) is 12.7. The molecule has 1 aromatic carbocycles. The Hall–Kier alpha value is -3.38. The first kappa shape index (κ1) is 35.8. The van der Waals surface area contributed by atoms with E-state index < -0.39 is 18.2 Å². The average Bonchev–Trinajstić information content (AvgIpc) is 2.87. The summed E-state index contributed by atoms with van der Waals surface area (Å²) in [5, 5.41) is 16.1. The maximum absolute atomic E-state index is 12.7. The molecule has 0 aliphatic carbocycles. The van der Waals surface area contributed by atoms with Gasteiger partial charge in [-0.3, -0.25) is 9.59 Å². The lowest BCUT2D eigenvalue weighted by Gasteiger charge is -2.19. The fourth-order valence-corrected chi connectivity index (χ4v) is 2.60. The number of hydrogen-bond donors (Lipinski definition) is 7. The smallest absolute Gasteiger partial charge is 0.407 e. The zero-order valence-electron chi connectivity index (χ0n) is 23.2. The SMILES string of the molecule is CC.CCC.CNCCNC(=O)OCc1ccc(NC(=O)C(CCCNC(N)=O)NC(=O)CNC)cc1. The number of hydrogen-bond acceptors (Lipinski definition) is 7. The van der Waals surface area contributed by atoms with E-state index in [-0.39, 0.29) is 31.5 Å². The van der Waals surface area contributed by atoms with Crippen LogP contribution < -0.4 is 37.6 Å². The Balaban J connectivity index is 0. The summed E-state index contributed by atoms with van der Waals surface area (Å²) in [5.41, 5.74) is 6.31. The lowest BCUT2D eigenvalue weighted by atomic mass is 10.1. The number of benzene rings is 1. The molecule has 0 aliphatic heterocycles. The third kappa shape index (κ3) is 20.5. The van der Waals surface area contributed by atoms with Crippen molar-refractivity contribution in [2.45, 2.75) is 59.6 Å². The molecule has 0 heterocycles. The number of amides is 5. The molecule has 0 spiro atoms. The van der Waals surface area contributed by atoms with Gasteiger partial charge in [0.1, 0.15) is 12.6 Å². The van der Waals surface area contributed by atoms with Crippen LogP contribution in [0.2, 0.25) is 0 Å². The minimum atomic E-state index is -0.783. The fourth-order valence-electron chi connectivity index (χ4n) is 2.60. The largest absolute Gasteiger partial charge is 0.445 e. The molecular formula is C25H47N7O5. The highest BCUT2D eigenvalue weighted by atomic mass is 16.5. The molecule has 37 heavy (non-hydrogen) atoms. The quantitative estimate of drug-likeness (QED) is 0.181. The van der Waals surface area contributed by atoms with Crippen LogP contribution in [-0.2, 0) is 20.9 Å². The third-order valence-corrected chi connectivity index (χ3v) is 4.19. The van der Waals surface area contributed by atoms with Crippen LogP contribution in [0.1, 0.15) is 52.5 Å². The van der Waals surface area contributed by atoms with Crippen molar-refractivity contribution >= 4 is 29.6 Å². The number of likely N-dealkylation sites (N-methyl/N-ethyl adjacent to an activating group) is 2. The highest BCUT2D eigenvalue weighted by Crippen LogP contribution is 2.12.